The van der Waals surface area contributed by atoms with E-state index in [1.54, 1.807) is 13.0 Å². The first-order valence-electron chi connectivity index (χ1n) is 16.2. The molecular weight excluding hydrogens is 615 g/mol. The molecule has 0 unspecified atom stereocenters. The summed E-state index contributed by atoms with van der Waals surface area (Å²) in [6.45, 7) is 9.94. The fourth-order valence-corrected chi connectivity index (χ4v) is 7.39. The molecule has 0 saturated carbocycles. The number of nitrogens with zero attached hydrogens (tertiary/aromatic N) is 3. The number of halogens is 3. The van der Waals surface area contributed by atoms with Gasteiger partial charge in [0.05, 0.1) is 50.6 Å². The Morgan fingerprint density at radius 1 is 0.490 bits per heavy atom. The second kappa shape index (κ2) is 10.9. The van der Waals surface area contributed by atoms with E-state index in [4.69, 9.17) is 0 Å². The van der Waals surface area contributed by atoms with Crippen LogP contribution in [0.4, 0.5) is 13.2 Å². The molecule has 49 heavy (non-hydrogen) atoms. The monoisotopic (exact) mass is 647 g/mol. The average Bonchev–Trinajstić information content (AvgIpc) is 3.54. The Morgan fingerprint density at radius 2 is 0.898 bits per heavy atom. The molecule has 0 spiro atoms. The van der Waals surface area contributed by atoms with E-state index in [2.05, 4.69) is 116 Å². The molecule has 0 atom stereocenters. The zero-order valence-electron chi connectivity index (χ0n) is 27.8. The molecule has 0 aliphatic rings. The van der Waals surface area contributed by atoms with Crippen LogP contribution in [0.5, 0.6) is 0 Å². The lowest BCUT2D eigenvalue weighted by Gasteiger charge is -2.20. The Morgan fingerprint density at radius 3 is 1.29 bits per heavy atom. The molecule has 6 aromatic carbocycles. The van der Waals surface area contributed by atoms with Gasteiger partial charge in [0.15, 0.2) is 0 Å². The molecule has 2 heterocycles. The summed E-state index contributed by atoms with van der Waals surface area (Å²) >= 11 is 0. The normalized spacial score (nSPS) is 12.1. The Balaban J connectivity index is 1.57. The van der Waals surface area contributed by atoms with Crippen LogP contribution in [0.15, 0.2) is 103 Å². The molecule has 0 radical (unpaired) electrons. The van der Waals surface area contributed by atoms with E-state index in [0.717, 1.165) is 89.4 Å². The van der Waals surface area contributed by atoms with Crippen molar-refractivity contribution in [3.63, 3.8) is 0 Å². The molecule has 8 aromatic rings. The molecule has 0 N–H and O–H groups in total. The molecule has 2 aromatic heterocycles. The zero-order chi connectivity index (χ0) is 34.4. The first kappa shape index (κ1) is 30.5. The standard InChI is InChI=1S/C43H32F3N3/c1-24-6-10-37-33(16-24)34-17-25(2)7-11-38(34)48(37)41-21-30(23-47)32(29-14-28(5)15-31(20-29)43(44,45)46)22-42(41)49-39-12-8-26(3)18-35(39)36-19-27(4)9-13-40(36)49/h6-22H,1-5H3. The van der Waals surface area contributed by atoms with Crippen molar-refractivity contribution >= 4 is 43.6 Å². The highest BCUT2D eigenvalue weighted by atomic mass is 19.4. The van der Waals surface area contributed by atoms with Crippen LogP contribution >= 0.6 is 0 Å². The van der Waals surface area contributed by atoms with Crippen molar-refractivity contribution in [2.24, 2.45) is 0 Å². The van der Waals surface area contributed by atoms with Crippen molar-refractivity contribution < 1.29 is 13.2 Å². The van der Waals surface area contributed by atoms with Crippen LogP contribution in [0.25, 0.3) is 66.1 Å². The van der Waals surface area contributed by atoms with Gasteiger partial charge in [-0.15, -0.1) is 0 Å². The molecule has 240 valence electrons. The number of alkyl halides is 3. The highest BCUT2D eigenvalue weighted by molar-refractivity contribution is 6.12. The molecule has 0 amide bonds. The first-order valence-corrected chi connectivity index (χ1v) is 16.2. The van der Waals surface area contributed by atoms with Gasteiger partial charge in [0.2, 0.25) is 0 Å². The molecule has 8 rings (SSSR count). The third-order valence-electron chi connectivity index (χ3n) is 9.58. The topological polar surface area (TPSA) is 33.6 Å². The molecule has 0 aliphatic carbocycles. The van der Waals surface area contributed by atoms with Crippen molar-refractivity contribution in [1.82, 2.24) is 9.13 Å². The van der Waals surface area contributed by atoms with E-state index in [-0.39, 0.29) is 0 Å². The Bertz CT molecular complexity index is 2600. The second-order valence-electron chi connectivity index (χ2n) is 13.3. The maximum atomic E-state index is 14.1. The smallest absolute Gasteiger partial charge is 0.307 e. The van der Waals surface area contributed by atoms with Crippen molar-refractivity contribution in [2.75, 3.05) is 0 Å². The number of fused-ring (bicyclic) bond motifs is 6. The van der Waals surface area contributed by atoms with Crippen molar-refractivity contribution in [3.8, 4) is 28.6 Å². The van der Waals surface area contributed by atoms with Gasteiger partial charge in [-0.25, -0.2) is 0 Å². The molecule has 3 nitrogen and oxygen atoms in total. The van der Waals surface area contributed by atoms with Crippen molar-refractivity contribution in [2.45, 2.75) is 40.8 Å². The maximum Gasteiger partial charge on any atom is 0.416 e. The summed E-state index contributed by atoms with van der Waals surface area (Å²) < 4.78 is 46.7. The Labute approximate surface area is 282 Å². The van der Waals surface area contributed by atoms with Crippen LogP contribution in [-0.2, 0) is 6.18 Å². The zero-order valence-corrected chi connectivity index (χ0v) is 27.8. The van der Waals surface area contributed by atoms with Gasteiger partial charge in [-0.3, -0.25) is 0 Å². The van der Waals surface area contributed by atoms with Gasteiger partial charge in [0.25, 0.3) is 0 Å². The van der Waals surface area contributed by atoms with Gasteiger partial charge in [-0.05, 0) is 119 Å². The number of hydrogen-bond acceptors (Lipinski definition) is 1. The minimum absolute atomic E-state index is 0.291. The summed E-state index contributed by atoms with van der Waals surface area (Å²) in [6.07, 6.45) is -4.53. The summed E-state index contributed by atoms with van der Waals surface area (Å²) in [5, 5.41) is 15.0. The van der Waals surface area contributed by atoms with Crippen molar-refractivity contribution in [1.29, 1.82) is 5.26 Å². The van der Waals surface area contributed by atoms with Gasteiger partial charge in [0, 0.05) is 27.1 Å². The lowest BCUT2D eigenvalue weighted by molar-refractivity contribution is -0.137. The fraction of sp³-hybridized carbons (Fsp3) is 0.140. The predicted octanol–water partition coefficient (Wildman–Crippen LogP) is 12.0. The lowest BCUT2D eigenvalue weighted by atomic mass is 9.95. The van der Waals surface area contributed by atoms with Crippen molar-refractivity contribution in [3.05, 3.63) is 142 Å². The Kier molecular flexibility index (Phi) is 6.77. The SMILES string of the molecule is Cc1cc(-c2cc(-n3c4ccc(C)cc4c4cc(C)ccc43)c(-n3c4ccc(C)cc4c4cc(C)ccc43)cc2C#N)cc(C(F)(F)F)c1. The lowest BCUT2D eigenvalue weighted by Crippen LogP contribution is -2.07. The number of nitriles is 1. The van der Waals surface area contributed by atoms with E-state index >= 15 is 0 Å². The number of hydrogen-bond donors (Lipinski definition) is 0. The van der Waals surface area contributed by atoms with Crippen LogP contribution in [0.3, 0.4) is 0 Å². The predicted molar refractivity (Wildman–Crippen MR) is 194 cm³/mol. The van der Waals surface area contributed by atoms with Crippen LogP contribution < -0.4 is 0 Å². The molecular formula is C43H32F3N3. The summed E-state index contributed by atoms with van der Waals surface area (Å²) in [4.78, 5) is 0. The maximum absolute atomic E-state index is 14.1. The number of rotatable bonds is 3. The van der Waals surface area contributed by atoms with E-state index in [1.807, 2.05) is 12.1 Å². The number of aromatic nitrogens is 2. The minimum atomic E-state index is -4.53. The van der Waals surface area contributed by atoms with Crippen LogP contribution in [-0.4, -0.2) is 9.13 Å². The number of benzene rings is 6. The fourth-order valence-electron chi connectivity index (χ4n) is 7.39. The minimum Gasteiger partial charge on any atom is -0.307 e. The van der Waals surface area contributed by atoms with Crippen LogP contribution in [0.2, 0.25) is 0 Å². The Hall–Kier alpha value is -5.80. The van der Waals surface area contributed by atoms with E-state index < -0.39 is 11.7 Å². The van der Waals surface area contributed by atoms with Gasteiger partial charge in [-0.1, -0.05) is 52.6 Å². The quantitative estimate of drug-likeness (QED) is 0.188. The summed E-state index contributed by atoms with van der Waals surface area (Å²) in [5.74, 6) is 0. The van der Waals surface area contributed by atoms with E-state index in [1.165, 1.54) is 0 Å². The first-order chi connectivity index (χ1) is 23.4. The van der Waals surface area contributed by atoms with Crippen LogP contribution in [0, 0.1) is 45.9 Å². The summed E-state index contributed by atoms with van der Waals surface area (Å²) in [6, 6.07) is 35.6. The van der Waals surface area contributed by atoms with Gasteiger partial charge >= 0.3 is 6.18 Å². The molecule has 0 saturated heterocycles. The highest BCUT2D eigenvalue weighted by Gasteiger charge is 2.31. The highest BCUT2D eigenvalue weighted by Crippen LogP contribution is 2.42. The van der Waals surface area contributed by atoms with E-state index in [0.29, 0.717) is 22.3 Å². The third kappa shape index (κ3) is 4.88. The van der Waals surface area contributed by atoms with Gasteiger partial charge in [0.1, 0.15) is 0 Å². The molecule has 0 fully saturated rings. The van der Waals surface area contributed by atoms with E-state index in [9.17, 15) is 18.4 Å². The van der Waals surface area contributed by atoms with Gasteiger partial charge in [-0.2, -0.15) is 18.4 Å². The summed E-state index contributed by atoms with van der Waals surface area (Å²) in [7, 11) is 0. The third-order valence-corrected chi connectivity index (χ3v) is 9.58. The average molecular weight is 648 g/mol. The summed E-state index contributed by atoms with van der Waals surface area (Å²) in [5.41, 5.74) is 10.7. The molecule has 0 bridgehead atoms. The number of aryl methyl sites for hydroxylation is 5. The second-order valence-corrected chi connectivity index (χ2v) is 13.3. The molecule has 6 heteroatoms. The largest absolute Gasteiger partial charge is 0.416 e. The van der Waals surface area contributed by atoms with Gasteiger partial charge < -0.3 is 9.13 Å². The molecule has 0 aliphatic heterocycles. The van der Waals surface area contributed by atoms with Crippen LogP contribution in [0.1, 0.15) is 38.9 Å².